The van der Waals surface area contributed by atoms with Crippen LogP contribution in [0.25, 0.3) is 0 Å². The van der Waals surface area contributed by atoms with Gasteiger partial charge in [0.25, 0.3) is 0 Å². The Hall–Kier alpha value is -4.71. The first-order valence-electron chi connectivity index (χ1n) is 29.8. The lowest BCUT2D eigenvalue weighted by atomic mass is 10.1. The number of esters is 3. The number of hydrogen-bond acceptors (Lipinski definition) is 6. The third kappa shape index (κ3) is 58.2. The van der Waals surface area contributed by atoms with Crippen LogP contribution >= 0.6 is 0 Å². The topological polar surface area (TPSA) is 78.9 Å². The average Bonchev–Trinajstić information content (AvgIpc) is 3.40. The molecule has 0 radical (unpaired) electrons. The lowest BCUT2D eigenvalue weighted by Gasteiger charge is -2.18. The Morgan fingerprint density at radius 1 is 0.284 bits per heavy atom. The highest BCUT2D eigenvalue weighted by Crippen LogP contribution is 2.13. The van der Waals surface area contributed by atoms with Gasteiger partial charge in [0.1, 0.15) is 13.2 Å². The molecular weight excluding hydrogens is 913 g/mol. The summed E-state index contributed by atoms with van der Waals surface area (Å²) in [5.41, 5.74) is 0. The van der Waals surface area contributed by atoms with Crippen LogP contribution in [0.15, 0.2) is 146 Å². The minimum absolute atomic E-state index is 0.109. The molecule has 6 nitrogen and oxygen atoms in total. The summed E-state index contributed by atoms with van der Waals surface area (Å²) in [7, 11) is 0. The van der Waals surface area contributed by atoms with Gasteiger partial charge in [-0.15, -0.1) is 0 Å². The predicted octanol–water partition coefficient (Wildman–Crippen LogP) is 20.4. The molecule has 0 amide bonds. The van der Waals surface area contributed by atoms with Crippen LogP contribution in [-0.2, 0) is 28.6 Å². The van der Waals surface area contributed by atoms with Gasteiger partial charge in [-0.3, -0.25) is 14.4 Å². The normalized spacial score (nSPS) is 13.2. The molecule has 0 aliphatic rings. The van der Waals surface area contributed by atoms with E-state index >= 15 is 0 Å². The largest absolute Gasteiger partial charge is 0.462 e. The second-order valence-corrected chi connectivity index (χ2v) is 19.1. The van der Waals surface area contributed by atoms with E-state index < -0.39 is 6.10 Å². The van der Waals surface area contributed by atoms with E-state index in [1.165, 1.54) is 32.1 Å². The summed E-state index contributed by atoms with van der Waals surface area (Å²) in [6.45, 7) is 6.33. The SMILES string of the molecule is CC/C=C\C/C=C\C/C=C\C/C=C\C/C=C\C/C=C\CCCCCCC(=O)OCC(COC(=O)CCCCCCC/C=C\C/C=C\CCCCCC)OC(=O)CCCCCC/C=C\C/C=C\C/C=C\C/C=C\CC. The van der Waals surface area contributed by atoms with E-state index in [0.717, 1.165) is 173 Å². The molecule has 0 aliphatic heterocycles. The Morgan fingerprint density at radius 2 is 0.527 bits per heavy atom. The van der Waals surface area contributed by atoms with Gasteiger partial charge in [0.05, 0.1) is 0 Å². The third-order valence-electron chi connectivity index (χ3n) is 12.1. The Morgan fingerprint density at radius 3 is 0.824 bits per heavy atom. The molecular formula is C68H108O6. The smallest absolute Gasteiger partial charge is 0.306 e. The van der Waals surface area contributed by atoms with Gasteiger partial charge in [-0.25, -0.2) is 0 Å². The summed E-state index contributed by atoms with van der Waals surface area (Å²) in [6.07, 6.45) is 86.9. The first-order chi connectivity index (χ1) is 36.5. The molecule has 0 bridgehead atoms. The first kappa shape index (κ1) is 69.3. The average molecular weight is 1020 g/mol. The predicted molar refractivity (Wildman–Crippen MR) is 320 cm³/mol. The van der Waals surface area contributed by atoms with Crippen LogP contribution in [0, 0.1) is 0 Å². The van der Waals surface area contributed by atoms with Crippen molar-refractivity contribution < 1.29 is 28.6 Å². The van der Waals surface area contributed by atoms with E-state index in [2.05, 4.69) is 167 Å². The first-order valence-corrected chi connectivity index (χ1v) is 29.8. The van der Waals surface area contributed by atoms with E-state index in [0.29, 0.717) is 12.8 Å². The fraction of sp³-hybridized carbons (Fsp3) is 0.603. The van der Waals surface area contributed by atoms with Gasteiger partial charge in [0.2, 0.25) is 0 Å². The standard InChI is InChI=1S/C68H108O6/c1-4-7-10-13-16-19-22-25-28-31-32-33-34-35-36-38-40-43-46-49-52-55-58-61-67(70)73-64-65(63-72-66(69)60-57-54-51-48-45-42-39-30-27-24-21-18-15-12-9-6-3)74-68(71)62-59-56-53-50-47-44-41-37-29-26-23-20-17-14-11-8-5-2/h7-8,10-11,16-17,19-21,24-26,28-30,32-33,35-36,39-41,43-44,65H,4-6,9,12-15,18,22-23,27,31,34,37-38,42,45-64H2,1-3H3/b10-7-,11-8-,19-16-,20-17-,24-21-,28-25-,29-26-,33-32-,36-35-,39-30-,43-40-,44-41-. The van der Waals surface area contributed by atoms with Crippen molar-refractivity contribution in [2.75, 3.05) is 13.2 Å². The number of carbonyl (C=O) groups is 3. The van der Waals surface area contributed by atoms with Crippen LogP contribution in [0.2, 0.25) is 0 Å². The van der Waals surface area contributed by atoms with Crippen molar-refractivity contribution in [1.82, 2.24) is 0 Å². The highest BCUT2D eigenvalue weighted by Gasteiger charge is 2.19. The number of carbonyl (C=O) groups excluding carboxylic acids is 3. The van der Waals surface area contributed by atoms with E-state index in [-0.39, 0.29) is 37.5 Å². The van der Waals surface area contributed by atoms with Crippen molar-refractivity contribution in [3.05, 3.63) is 146 Å². The highest BCUT2D eigenvalue weighted by atomic mass is 16.6. The lowest BCUT2D eigenvalue weighted by molar-refractivity contribution is -0.167. The molecule has 0 spiro atoms. The van der Waals surface area contributed by atoms with E-state index in [1.54, 1.807) is 0 Å². The second-order valence-electron chi connectivity index (χ2n) is 19.1. The summed E-state index contributed by atoms with van der Waals surface area (Å²) in [5, 5.41) is 0. The fourth-order valence-corrected chi connectivity index (χ4v) is 7.64. The number of unbranched alkanes of at least 4 members (excludes halogenated alkanes) is 17. The summed E-state index contributed by atoms with van der Waals surface area (Å²) in [4.78, 5) is 38.2. The summed E-state index contributed by atoms with van der Waals surface area (Å²) < 4.78 is 16.8. The molecule has 0 heterocycles. The monoisotopic (exact) mass is 1020 g/mol. The molecule has 0 aromatic heterocycles. The van der Waals surface area contributed by atoms with Crippen molar-refractivity contribution in [2.24, 2.45) is 0 Å². The Bertz CT molecular complexity index is 1640. The van der Waals surface area contributed by atoms with Gasteiger partial charge in [0.15, 0.2) is 6.10 Å². The summed E-state index contributed by atoms with van der Waals surface area (Å²) in [5.74, 6) is -0.976. The minimum atomic E-state index is -0.815. The molecule has 0 aromatic rings. The van der Waals surface area contributed by atoms with Gasteiger partial charge >= 0.3 is 17.9 Å². The molecule has 0 N–H and O–H groups in total. The number of rotatable bonds is 52. The second kappa shape index (κ2) is 60.8. The van der Waals surface area contributed by atoms with Crippen LogP contribution in [-0.4, -0.2) is 37.2 Å². The molecule has 0 saturated heterocycles. The van der Waals surface area contributed by atoms with Crippen LogP contribution in [0.5, 0.6) is 0 Å². The zero-order valence-corrected chi connectivity index (χ0v) is 47.5. The molecule has 74 heavy (non-hydrogen) atoms. The fourth-order valence-electron chi connectivity index (χ4n) is 7.64. The van der Waals surface area contributed by atoms with Gasteiger partial charge < -0.3 is 14.2 Å². The van der Waals surface area contributed by atoms with Crippen LogP contribution in [0.1, 0.15) is 245 Å². The molecule has 0 saturated carbocycles. The maximum Gasteiger partial charge on any atom is 0.306 e. The van der Waals surface area contributed by atoms with Crippen molar-refractivity contribution in [3.63, 3.8) is 0 Å². The zero-order valence-electron chi connectivity index (χ0n) is 47.5. The quantitative estimate of drug-likeness (QED) is 0.0261. The Balaban J connectivity index is 4.52. The Labute approximate surface area is 455 Å². The van der Waals surface area contributed by atoms with Crippen molar-refractivity contribution in [3.8, 4) is 0 Å². The molecule has 416 valence electrons. The Kier molecular flexibility index (Phi) is 57.0. The van der Waals surface area contributed by atoms with Crippen LogP contribution in [0.4, 0.5) is 0 Å². The van der Waals surface area contributed by atoms with Crippen molar-refractivity contribution >= 4 is 17.9 Å². The van der Waals surface area contributed by atoms with E-state index in [9.17, 15) is 14.4 Å². The zero-order chi connectivity index (χ0) is 53.6. The molecule has 0 aromatic carbocycles. The molecule has 6 heteroatoms. The van der Waals surface area contributed by atoms with Gasteiger partial charge in [-0.05, 0) is 141 Å². The maximum atomic E-state index is 12.9. The number of hydrogen-bond donors (Lipinski definition) is 0. The summed E-state index contributed by atoms with van der Waals surface area (Å²) >= 11 is 0. The van der Waals surface area contributed by atoms with Crippen LogP contribution < -0.4 is 0 Å². The van der Waals surface area contributed by atoms with E-state index in [1.807, 2.05) is 0 Å². The van der Waals surface area contributed by atoms with Crippen molar-refractivity contribution in [2.45, 2.75) is 252 Å². The maximum absolute atomic E-state index is 12.9. The van der Waals surface area contributed by atoms with E-state index in [4.69, 9.17) is 14.2 Å². The van der Waals surface area contributed by atoms with Crippen LogP contribution in [0.3, 0.4) is 0 Å². The minimum Gasteiger partial charge on any atom is -0.462 e. The molecule has 0 fully saturated rings. The number of ether oxygens (including phenoxy) is 3. The van der Waals surface area contributed by atoms with Gasteiger partial charge in [-0.2, -0.15) is 0 Å². The van der Waals surface area contributed by atoms with Gasteiger partial charge in [-0.1, -0.05) is 231 Å². The van der Waals surface area contributed by atoms with Crippen molar-refractivity contribution in [1.29, 1.82) is 0 Å². The highest BCUT2D eigenvalue weighted by molar-refractivity contribution is 5.71. The number of allylic oxidation sites excluding steroid dienone is 24. The third-order valence-corrected chi connectivity index (χ3v) is 12.1. The molecule has 0 rings (SSSR count). The lowest BCUT2D eigenvalue weighted by Crippen LogP contribution is -2.30. The van der Waals surface area contributed by atoms with Gasteiger partial charge in [0, 0.05) is 19.3 Å². The summed E-state index contributed by atoms with van der Waals surface area (Å²) in [6, 6.07) is 0. The molecule has 1 atom stereocenters. The molecule has 1 unspecified atom stereocenters. The molecule has 0 aliphatic carbocycles.